The molecule has 2 heterocycles. The van der Waals surface area contributed by atoms with E-state index in [0.29, 0.717) is 17.8 Å². The van der Waals surface area contributed by atoms with Gasteiger partial charge >= 0.3 is 6.09 Å². The lowest BCUT2D eigenvalue weighted by Gasteiger charge is -2.32. The van der Waals surface area contributed by atoms with Crippen LogP contribution in [0.2, 0.25) is 5.15 Å². The number of aryl methyl sites for hydroxylation is 1. The summed E-state index contributed by atoms with van der Waals surface area (Å²) in [6, 6.07) is 4.08. The molecule has 1 aliphatic rings. The Balaban J connectivity index is 1.86. The summed E-state index contributed by atoms with van der Waals surface area (Å²) in [5.74, 6) is 0. The molecule has 5 nitrogen and oxygen atoms in total. The number of nitrogens with one attached hydrogen (secondary N) is 1. The van der Waals surface area contributed by atoms with E-state index in [4.69, 9.17) is 16.3 Å². The third-order valence-corrected chi connectivity index (χ3v) is 3.64. The first-order valence-electron chi connectivity index (χ1n) is 6.91. The molecule has 110 valence electrons. The van der Waals surface area contributed by atoms with Crippen molar-refractivity contribution in [1.29, 1.82) is 0 Å². The number of anilines is 1. The van der Waals surface area contributed by atoms with Gasteiger partial charge in [-0.05, 0) is 38.8 Å². The van der Waals surface area contributed by atoms with Gasteiger partial charge in [0.05, 0.1) is 18.0 Å². The molecule has 0 aromatic carbocycles. The van der Waals surface area contributed by atoms with Crippen molar-refractivity contribution in [2.24, 2.45) is 0 Å². The van der Waals surface area contributed by atoms with Gasteiger partial charge in [-0.3, -0.25) is 0 Å². The van der Waals surface area contributed by atoms with Crippen molar-refractivity contribution in [2.45, 2.75) is 32.7 Å². The van der Waals surface area contributed by atoms with E-state index < -0.39 is 0 Å². The first kappa shape index (κ1) is 14.9. The monoisotopic (exact) mass is 297 g/mol. The molecule has 1 aromatic heterocycles. The molecule has 1 N–H and O–H groups in total. The molecule has 0 saturated carbocycles. The molecule has 1 amide bonds. The van der Waals surface area contributed by atoms with Crippen molar-refractivity contribution < 1.29 is 9.53 Å². The minimum Gasteiger partial charge on any atom is -0.450 e. The fourth-order valence-electron chi connectivity index (χ4n) is 2.32. The Morgan fingerprint density at radius 2 is 2.20 bits per heavy atom. The lowest BCUT2D eigenvalue weighted by atomic mass is 10.0. The Morgan fingerprint density at radius 1 is 1.50 bits per heavy atom. The zero-order chi connectivity index (χ0) is 14.5. The highest BCUT2D eigenvalue weighted by atomic mass is 35.5. The summed E-state index contributed by atoms with van der Waals surface area (Å²) in [5, 5.41) is 3.97. The van der Waals surface area contributed by atoms with Crippen LogP contribution >= 0.6 is 11.6 Å². The van der Waals surface area contributed by atoms with Crippen LogP contribution in [0.4, 0.5) is 10.5 Å². The third kappa shape index (κ3) is 3.76. The predicted molar refractivity (Wildman–Crippen MR) is 79.2 cm³/mol. The van der Waals surface area contributed by atoms with Crippen LogP contribution in [0, 0.1) is 6.92 Å². The molecule has 1 aromatic rings. The van der Waals surface area contributed by atoms with Crippen molar-refractivity contribution in [3.05, 3.63) is 23.0 Å². The Hall–Kier alpha value is -1.49. The van der Waals surface area contributed by atoms with Crippen molar-refractivity contribution in [1.82, 2.24) is 9.88 Å². The number of halogens is 1. The summed E-state index contributed by atoms with van der Waals surface area (Å²) in [5.41, 5.74) is 1.90. The SMILES string of the molecule is CCOC(=O)N1CCC(Nc2ccc(Cl)nc2C)CC1. The maximum absolute atomic E-state index is 11.6. The van der Waals surface area contributed by atoms with Crippen LogP contribution in [-0.2, 0) is 4.74 Å². The first-order chi connectivity index (χ1) is 9.60. The molecule has 1 saturated heterocycles. The standard InChI is InChI=1S/C14H20ClN3O2/c1-3-20-14(19)18-8-6-11(7-9-18)17-12-4-5-13(15)16-10(12)2/h4-5,11,17H,3,6-9H2,1-2H3. The molecular formula is C14H20ClN3O2. The van der Waals surface area contributed by atoms with Gasteiger partial charge in [0, 0.05) is 19.1 Å². The van der Waals surface area contributed by atoms with Gasteiger partial charge < -0.3 is 15.0 Å². The largest absolute Gasteiger partial charge is 0.450 e. The molecule has 0 radical (unpaired) electrons. The van der Waals surface area contributed by atoms with Crippen molar-refractivity contribution in [2.75, 3.05) is 25.0 Å². The van der Waals surface area contributed by atoms with E-state index in [9.17, 15) is 4.79 Å². The third-order valence-electron chi connectivity index (χ3n) is 3.43. The van der Waals surface area contributed by atoms with E-state index in [-0.39, 0.29) is 6.09 Å². The summed E-state index contributed by atoms with van der Waals surface area (Å²) in [6.45, 7) is 5.62. The summed E-state index contributed by atoms with van der Waals surface area (Å²) in [6.07, 6.45) is 1.59. The molecule has 1 aliphatic heterocycles. The number of hydrogen-bond acceptors (Lipinski definition) is 4. The van der Waals surface area contributed by atoms with Crippen molar-refractivity contribution >= 4 is 23.4 Å². The van der Waals surface area contributed by atoms with Gasteiger partial charge in [-0.25, -0.2) is 9.78 Å². The summed E-state index contributed by atoms with van der Waals surface area (Å²) >= 11 is 5.85. The molecule has 0 unspecified atom stereocenters. The summed E-state index contributed by atoms with van der Waals surface area (Å²) < 4.78 is 5.01. The minimum absolute atomic E-state index is 0.213. The first-order valence-corrected chi connectivity index (χ1v) is 7.29. The fourth-order valence-corrected chi connectivity index (χ4v) is 2.51. The highest BCUT2D eigenvalue weighted by Crippen LogP contribution is 2.20. The normalized spacial score (nSPS) is 16.1. The van der Waals surface area contributed by atoms with E-state index in [1.807, 2.05) is 19.9 Å². The second kappa shape index (κ2) is 6.79. The quantitative estimate of drug-likeness (QED) is 0.871. The predicted octanol–water partition coefficient (Wildman–Crippen LogP) is 3.08. The van der Waals surface area contributed by atoms with Gasteiger partial charge in [-0.15, -0.1) is 0 Å². The number of carbonyl (C=O) groups is 1. The Morgan fingerprint density at radius 3 is 2.80 bits per heavy atom. The number of aromatic nitrogens is 1. The van der Waals surface area contributed by atoms with Crippen LogP contribution in [0.15, 0.2) is 12.1 Å². The number of nitrogens with zero attached hydrogens (tertiary/aromatic N) is 2. The topological polar surface area (TPSA) is 54.5 Å². The van der Waals surface area contributed by atoms with Gasteiger partial charge in [0.15, 0.2) is 0 Å². The molecule has 0 bridgehead atoms. The average molecular weight is 298 g/mol. The number of hydrogen-bond donors (Lipinski definition) is 1. The molecule has 2 rings (SSSR count). The maximum Gasteiger partial charge on any atom is 0.409 e. The van der Waals surface area contributed by atoms with Crippen LogP contribution < -0.4 is 5.32 Å². The van der Waals surface area contributed by atoms with Crippen LogP contribution in [0.25, 0.3) is 0 Å². The van der Waals surface area contributed by atoms with Crippen molar-refractivity contribution in [3.63, 3.8) is 0 Å². The zero-order valence-corrected chi connectivity index (χ0v) is 12.6. The van der Waals surface area contributed by atoms with E-state index >= 15 is 0 Å². The Bertz CT molecular complexity index is 473. The highest BCUT2D eigenvalue weighted by Gasteiger charge is 2.23. The van der Waals surface area contributed by atoms with Gasteiger partial charge in [0.25, 0.3) is 0 Å². The Kier molecular flexibility index (Phi) is 5.06. The lowest BCUT2D eigenvalue weighted by Crippen LogP contribution is -2.42. The van der Waals surface area contributed by atoms with Gasteiger partial charge in [-0.2, -0.15) is 0 Å². The van der Waals surface area contributed by atoms with E-state index in [1.54, 1.807) is 11.0 Å². The number of ether oxygens (including phenoxy) is 1. The molecule has 20 heavy (non-hydrogen) atoms. The summed E-state index contributed by atoms with van der Waals surface area (Å²) in [7, 11) is 0. The number of pyridine rings is 1. The lowest BCUT2D eigenvalue weighted by molar-refractivity contribution is 0.0983. The molecule has 0 aliphatic carbocycles. The maximum atomic E-state index is 11.6. The minimum atomic E-state index is -0.213. The van der Waals surface area contributed by atoms with Crippen molar-refractivity contribution in [3.8, 4) is 0 Å². The van der Waals surface area contributed by atoms with E-state index in [2.05, 4.69) is 10.3 Å². The summed E-state index contributed by atoms with van der Waals surface area (Å²) in [4.78, 5) is 17.6. The fraction of sp³-hybridized carbons (Fsp3) is 0.571. The number of likely N-dealkylation sites (tertiary alicyclic amines) is 1. The molecule has 0 spiro atoms. The second-order valence-electron chi connectivity index (χ2n) is 4.87. The zero-order valence-electron chi connectivity index (χ0n) is 11.9. The molecule has 0 atom stereocenters. The van der Waals surface area contributed by atoms with E-state index in [1.165, 1.54) is 0 Å². The van der Waals surface area contributed by atoms with Crippen LogP contribution in [0.3, 0.4) is 0 Å². The Labute approximate surface area is 124 Å². The number of carbonyl (C=O) groups excluding carboxylic acids is 1. The van der Waals surface area contributed by atoms with Gasteiger partial charge in [-0.1, -0.05) is 11.6 Å². The molecule has 1 fully saturated rings. The number of rotatable bonds is 3. The number of piperidine rings is 1. The van der Waals surface area contributed by atoms with Crippen LogP contribution in [0.5, 0.6) is 0 Å². The van der Waals surface area contributed by atoms with Crippen LogP contribution in [-0.4, -0.2) is 41.7 Å². The average Bonchev–Trinajstić information content (AvgIpc) is 2.43. The van der Waals surface area contributed by atoms with Crippen LogP contribution in [0.1, 0.15) is 25.5 Å². The smallest absolute Gasteiger partial charge is 0.409 e. The van der Waals surface area contributed by atoms with Gasteiger partial charge in [0.1, 0.15) is 5.15 Å². The number of amides is 1. The van der Waals surface area contributed by atoms with Gasteiger partial charge in [0.2, 0.25) is 0 Å². The van der Waals surface area contributed by atoms with E-state index in [0.717, 1.165) is 37.3 Å². The molecular weight excluding hydrogens is 278 g/mol. The molecule has 6 heteroatoms. The highest BCUT2D eigenvalue weighted by molar-refractivity contribution is 6.29. The second-order valence-corrected chi connectivity index (χ2v) is 5.26.